The Labute approximate surface area is 95.8 Å². The van der Waals surface area contributed by atoms with Gasteiger partial charge in [0, 0.05) is 0 Å². The number of hydrogen-bond donors (Lipinski definition) is 2. The number of nitrogens with one attached hydrogen (secondary N) is 1. The van der Waals surface area contributed by atoms with Crippen molar-refractivity contribution in [2.24, 2.45) is 5.73 Å². The van der Waals surface area contributed by atoms with Crippen LogP contribution in [-0.2, 0) is 4.79 Å². The Kier molecular flexibility index (Phi) is 4.31. The number of nitrogens with two attached hydrogens (primary N) is 1. The minimum atomic E-state index is -0.493. The van der Waals surface area contributed by atoms with Crippen molar-refractivity contribution in [1.82, 2.24) is 5.32 Å². The summed E-state index contributed by atoms with van der Waals surface area (Å²) in [4.78, 5) is 11.4. The van der Waals surface area contributed by atoms with Gasteiger partial charge in [-0.1, -0.05) is 12.1 Å². The van der Waals surface area contributed by atoms with Crippen LogP contribution < -0.4 is 15.8 Å². The monoisotopic (exact) mass is 222 g/mol. The molecule has 4 heteroatoms. The molecule has 3 N–H and O–H groups in total. The summed E-state index contributed by atoms with van der Waals surface area (Å²) in [6.45, 7) is 3.57. The molecule has 1 aromatic carbocycles. The van der Waals surface area contributed by atoms with Gasteiger partial charge in [0.15, 0.2) is 0 Å². The Morgan fingerprint density at radius 3 is 2.69 bits per heavy atom. The fourth-order valence-electron chi connectivity index (χ4n) is 1.34. The van der Waals surface area contributed by atoms with Gasteiger partial charge in [0.05, 0.1) is 19.2 Å². The quantitative estimate of drug-likeness (QED) is 0.805. The number of hydrogen-bond acceptors (Lipinski definition) is 3. The minimum absolute atomic E-state index is 0.0754. The Morgan fingerprint density at radius 2 is 2.12 bits per heavy atom. The number of rotatable bonds is 4. The molecule has 0 bridgehead atoms. The highest BCUT2D eigenvalue weighted by molar-refractivity contribution is 5.81. The lowest BCUT2D eigenvalue weighted by molar-refractivity contribution is -0.122. The molecule has 0 spiro atoms. The third-order valence-electron chi connectivity index (χ3n) is 2.37. The molecule has 0 heterocycles. The molecular formula is C12H18N2O2. The zero-order valence-corrected chi connectivity index (χ0v) is 9.86. The lowest BCUT2D eigenvalue weighted by Gasteiger charge is -2.16. The average Bonchev–Trinajstić information content (AvgIpc) is 2.28. The molecule has 0 saturated carbocycles. The van der Waals surface area contributed by atoms with Gasteiger partial charge in [-0.05, 0) is 31.5 Å². The van der Waals surface area contributed by atoms with Gasteiger partial charge in [-0.2, -0.15) is 0 Å². The SMILES string of the molecule is COc1cccc(C(C)NC(=O)C(C)N)c1. The van der Waals surface area contributed by atoms with Crippen LogP contribution >= 0.6 is 0 Å². The van der Waals surface area contributed by atoms with Gasteiger partial charge in [0.25, 0.3) is 0 Å². The van der Waals surface area contributed by atoms with Crippen molar-refractivity contribution in [2.75, 3.05) is 7.11 Å². The van der Waals surface area contributed by atoms with Crippen LogP contribution in [0.3, 0.4) is 0 Å². The number of amides is 1. The fraction of sp³-hybridized carbons (Fsp3) is 0.417. The molecule has 0 aromatic heterocycles. The Balaban J connectivity index is 2.72. The number of carbonyl (C=O) groups is 1. The van der Waals surface area contributed by atoms with E-state index in [2.05, 4.69) is 5.32 Å². The predicted octanol–water partition coefficient (Wildman–Crippen LogP) is 1.22. The van der Waals surface area contributed by atoms with Crippen molar-refractivity contribution in [2.45, 2.75) is 25.9 Å². The molecule has 4 nitrogen and oxygen atoms in total. The highest BCUT2D eigenvalue weighted by Gasteiger charge is 2.12. The van der Waals surface area contributed by atoms with Crippen molar-refractivity contribution in [3.05, 3.63) is 29.8 Å². The van der Waals surface area contributed by atoms with E-state index in [1.54, 1.807) is 14.0 Å². The van der Waals surface area contributed by atoms with Crippen LogP contribution in [0.25, 0.3) is 0 Å². The predicted molar refractivity (Wildman–Crippen MR) is 63.2 cm³/mol. The van der Waals surface area contributed by atoms with E-state index in [0.717, 1.165) is 11.3 Å². The summed E-state index contributed by atoms with van der Waals surface area (Å²) in [6.07, 6.45) is 0. The molecule has 16 heavy (non-hydrogen) atoms. The first-order chi connectivity index (χ1) is 7.54. The van der Waals surface area contributed by atoms with Gasteiger partial charge in [0.1, 0.15) is 5.75 Å². The van der Waals surface area contributed by atoms with Crippen molar-refractivity contribution in [1.29, 1.82) is 0 Å². The standard InChI is InChI=1S/C12H18N2O2/c1-8(13)12(15)14-9(2)10-5-4-6-11(7-10)16-3/h4-9H,13H2,1-3H3,(H,14,15). The maximum Gasteiger partial charge on any atom is 0.237 e. The third kappa shape index (κ3) is 3.24. The van der Waals surface area contributed by atoms with Gasteiger partial charge < -0.3 is 15.8 Å². The smallest absolute Gasteiger partial charge is 0.237 e. The maximum atomic E-state index is 11.4. The van der Waals surface area contributed by atoms with Crippen molar-refractivity contribution < 1.29 is 9.53 Å². The highest BCUT2D eigenvalue weighted by Crippen LogP contribution is 2.18. The van der Waals surface area contributed by atoms with E-state index in [-0.39, 0.29) is 11.9 Å². The number of carbonyl (C=O) groups excluding carboxylic acids is 1. The molecule has 0 aliphatic heterocycles. The summed E-state index contributed by atoms with van der Waals surface area (Å²) in [7, 11) is 1.62. The summed E-state index contributed by atoms with van der Waals surface area (Å²) >= 11 is 0. The zero-order valence-electron chi connectivity index (χ0n) is 9.86. The van der Waals surface area contributed by atoms with Crippen molar-refractivity contribution in [3.63, 3.8) is 0 Å². The summed E-state index contributed by atoms with van der Waals surface area (Å²) in [6, 6.07) is 7.02. The lowest BCUT2D eigenvalue weighted by atomic mass is 10.1. The molecule has 1 aromatic rings. The number of methoxy groups -OCH3 is 1. The second-order valence-electron chi connectivity index (χ2n) is 3.80. The van der Waals surface area contributed by atoms with E-state index in [4.69, 9.17) is 10.5 Å². The normalized spacial score (nSPS) is 14.0. The summed E-state index contributed by atoms with van der Waals surface area (Å²) < 4.78 is 5.12. The van der Waals surface area contributed by atoms with Crippen LogP contribution in [0, 0.1) is 0 Å². The molecule has 88 valence electrons. The van der Waals surface area contributed by atoms with Crippen molar-refractivity contribution in [3.8, 4) is 5.75 Å². The van der Waals surface area contributed by atoms with Crippen LogP contribution in [0.5, 0.6) is 5.75 Å². The first-order valence-electron chi connectivity index (χ1n) is 5.24. The first kappa shape index (κ1) is 12.5. The molecule has 1 amide bonds. The molecule has 0 aliphatic rings. The van der Waals surface area contributed by atoms with E-state index in [0.29, 0.717) is 0 Å². The highest BCUT2D eigenvalue weighted by atomic mass is 16.5. The summed E-state index contributed by atoms with van der Waals surface area (Å²) in [5, 5.41) is 2.83. The number of benzene rings is 1. The van der Waals surface area contributed by atoms with Crippen LogP contribution in [0.15, 0.2) is 24.3 Å². The molecule has 2 unspecified atom stereocenters. The lowest BCUT2D eigenvalue weighted by Crippen LogP contribution is -2.39. The Bertz CT molecular complexity index is 364. The second kappa shape index (κ2) is 5.51. The second-order valence-corrected chi connectivity index (χ2v) is 3.80. The van der Waals surface area contributed by atoms with Gasteiger partial charge in [-0.15, -0.1) is 0 Å². The van der Waals surface area contributed by atoms with Gasteiger partial charge >= 0.3 is 0 Å². The summed E-state index contributed by atoms with van der Waals surface area (Å²) in [5.74, 6) is 0.620. The third-order valence-corrected chi connectivity index (χ3v) is 2.37. The van der Waals surface area contributed by atoms with Crippen LogP contribution in [0.4, 0.5) is 0 Å². The molecule has 1 rings (SSSR count). The van der Waals surface area contributed by atoms with E-state index in [1.807, 2.05) is 31.2 Å². The Hall–Kier alpha value is -1.55. The molecule has 2 atom stereocenters. The van der Waals surface area contributed by atoms with Crippen LogP contribution in [0.2, 0.25) is 0 Å². The van der Waals surface area contributed by atoms with E-state index < -0.39 is 6.04 Å². The topological polar surface area (TPSA) is 64.3 Å². The van der Waals surface area contributed by atoms with E-state index in [9.17, 15) is 4.79 Å². The van der Waals surface area contributed by atoms with Gasteiger partial charge in [-0.3, -0.25) is 4.79 Å². The van der Waals surface area contributed by atoms with Crippen LogP contribution in [0.1, 0.15) is 25.5 Å². The molecule has 0 radical (unpaired) electrons. The first-order valence-corrected chi connectivity index (χ1v) is 5.24. The fourth-order valence-corrected chi connectivity index (χ4v) is 1.34. The molecule has 0 aliphatic carbocycles. The minimum Gasteiger partial charge on any atom is -0.497 e. The van der Waals surface area contributed by atoms with Gasteiger partial charge in [-0.25, -0.2) is 0 Å². The van der Waals surface area contributed by atoms with Gasteiger partial charge in [0.2, 0.25) is 5.91 Å². The molecule has 0 saturated heterocycles. The van der Waals surface area contributed by atoms with Crippen LogP contribution in [-0.4, -0.2) is 19.1 Å². The largest absolute Gasteiger partial charge is 0.497 e. The summed E-state index contributed by atoms with van der Waals surface area (Å²) in [5.41, 5.74) is 6.48. The van der Waals surface area contributed by atoms with Crippen molar-refractivity contribution >= 4 is 5.91 Å². The van der Waals surface area contributed by atoms with E-state index >= 15 is 0 Å². The van der Waals surface area contributed by atoms with E-state index in [1.165, 1.54) is 0 Å². The maximum absolute atomic E-state index is 11.4. The number of ether oxygens (including phenoxy) is 1. The molecule has 0 fully saturated rings. The Morgan fingerprint density at radius 1 is 1.44 bits per heavy atom. The molecular weight excluding hydrogens is 204 g/mol. The average molecular weight is 222 g/mol. The zero-order chi connectivity index (χ0) is 12.1.